The van der Waals surface area contributed by atoms with E-state index in [1.807, 2.05) is 13.0 Å². The minimum absolute atomic E-state index is 0.0245. The van der Waals surface area contributed by atoms with Crippen molar-refractivity contribution < 1.29 is 24.2 Å². The zero-order valence-corrected chi connectivity index (χ0v) is 22.6. The second-order valence-electron chi connectivity index (χ2n) is 10.4. The number of fused-ring (bicyclic) bond motifs is 5. The maximum absolute atomic E-state index is 13.5. The van der Waals surface area contributed by atoms with Crippen LogP contribution in [0, 0.1) is 0 Å². The number of rotatable bonds is 10. The van der Waals surface area contributed by atoms with Gasteiger partial charge < -0.3 is 29.7 Å². The van der Waals surface area contributed by atoms with Gasteiger partial charge >= 0.3 is 0 Å². The Bertz CT molecular complexity index is 1540. The molecule has 206 valence electrons. The molecule has 39 heavy (non-hydrogen) atoms. The van der Waals surface area contributed by atoms with Gasteiger partial charge in [-0.2, -0.15) is 0 Å². The molecule has 0 saturated carbocycles. The van der Waals surface area contributed by atoms with E-state index < -0.39 is 11.6 Å². The van der Waals surface area contributed by atoms with Crippen molar-refractivity contribution in [2.24, 2.45) is 0 Å². The number of hydrogen-bond donors (Lipinski definition) is 0. The summed E-state index contributed by atoms with van der Waals surface area (Å²) < 4.78 is 12.7. The van der Waals surface area contributed by atoms with Crippen LogP contribution in [-0.2, 0) is 39.5 Å². The van der Waals surface area contributed by atoms with E-state index in [4.69, 9.17) is 20.2 Å². The number of ether oxygens (including phenoxy) is 2. The molecule has 2 aromatic heterocycles. The summed E-state index contributed by atoms with van der Waals surface area (Å²) in [5, 5.41) is 14.1. The van der Waals surface area contributed by atoms with E-state index in [1.54, 1.807) is 30.5 Å². The number of nitrogens with one attached hydrogen (secondary N) is 1. The fourth-order valence-electron chi connectivity index (χ4n) is 5.76. The van der Waals surface area contributed by atoms with E-state index in [9.17, 15) is 19.5 Å². The molecular weight excluding hydrogens is 498 g/mol. The van der Waals surface area contributed by atoms with E-state index in [-0.39, 0.29) is 47.7 Å². The van der Waals surface area contributed by atoms with Crippen LogP contribution in [0.4, 0.5) is 5.69 Å². The summed E-state index contributed by atoms with van der Waals surface area (Å²) in [5.41, 5.74) is 10.6. The number of hydrogen-bond acceptors (Lipinski definition) is 7. The van der Waals surface area contributed by atoms with Gasteiger partial charge in [0.1, 0.15) is 18.1 Å². The molecule has 9 nitrogen and oxygen atoms in total. The van der Waals surface area contributed by atoms with Gasteiger partial charge in [0.15, 0.2) is 0 Å². The smallest absolute Gasteiger partial charge is 0.300 e. The standard InChI is InChI=1S/C30H33N3O6/c1-4-18-19-15-33-23(14-21-20(28(33)35)16-39-29(36)30(21,37)5-2)27(19)32-22-11-12-24(26(31)25(18)22)38-13-9-7-6-8-10-17(3)34/h11-12,14H,4-10,13,15-16H2,1-3H3,(H-,31,32)/q-2/t30-/m0/s1. The Hall–Kier alpha value is -3.72. The highest BCUT2D eigenvalue weighted by Gasteiger charge is 2.38. The Balaban J connectivity index is 1.49. The minimum Gasteiger partial charge on any atom is -0.838 e. The molecule has 5 rings (SSSR count). The fourth-order valence-corrected chi connectivity index (χ4v) is 5.76. The molecule has 1 aromatic carbocycles. The number of aromatic nitrogens is 2. The first-order valence-corrected chi connectivity index (χ1v) is 13.7. The number of Topliss-reactive ketones (excluding diaryl/α,β-unsaturated/α-hetero) is 1. The predicted molar refractivity (Wildman–Crippen MR) is 145 cm³/mol. The molecule has 1 N–H and O–H groups in total. The molecule has 3 aromatic rings. The van der Waals surface area contributed by atoms with Crippen molar-refractivity contribution in [3.8, 4) is 17.1 Å². The zero-order chi connectivity index (χ0) is 27.9. The topological polar surface area (TPSA) is 134 Å². The molecule has 0 amide bonds. The first-order chi connectivity index (χ1) is 18.7. The molecule has 1 atom stereocenters. The lowest BCUT2D eigenvalue weighted by molar-refractivity contribution is -0.475. The summed E-state index contributed by atoms with van der Waals surface area (Å²) in [6, 6.07) is 5.23. The third-order valence-electron chi connectivity index (χ3n) is 7.93. The summed E-state index contributed by atoms with van der Waals surface area (Å²) >= 11 is 0. The number of aryl methyl sites for hydroxylation is 1. The Morgan fingerprint density at radius 3 is 2.67 bits per heavy atom. The number of pyridine rings is 2. The Labute approximate surface area is 226 Å². The van der Waals surface area contributed by atoms with Crippen molar-refractivity contribution in [2.45, 2.75) is 84.5 Å². The van der Waals surface area contributed by atoms with Crippen molar-refractivity contribution >= 4 is 28.3 Å². The number of unbranched alkanes of at least 4 members (excludes halogenated alkanes) is 3. The number of carbonyl (C=O) groups excluding carboxylic acids is 2. The van der Waals surface area contributed by atoms with Crippen LogP contribution < -0.4 is 15.4 Å². The maximum atomic E-state index is 13.5. The third-order valence-corrected chi connectivity index (χ3v) is 7.93. The van der Waals surface area contributed by atoms with Gasteiger partial charge in [0.2, 0.25) is 0 Å². The Kier molecular flexibility index (Phi) is 7.20. The van der Waals surface area contributed by atoms with Crippen LogP contribution in [0.15, 0.2) is 23.0 Å². The van der Waals surface area contributed by atoms with Crippen LogP contribution in [0.5, 0.6) is 5.75 Å². The molecule has 0 bridgehead atoms. The Morgan fingerprint density at radius 2 is 1.95 bits per heavy atom. The van der Waals surface area contributed by atoms with Crippen molar-refractivity contribution in [1.82, 2.24) is 9.55 Å². The Morgan fingerprint density at radius 1 is 1.18 bits per heavy atom. The van der Waals surface area contributed by atoms with E-state index in [1.165, 1.54) is 0 Å². The molecule has 0 fully saturated rings. The van der Waals surface area contributed by atoms with Crippen LogP contribution in [-0.4, -0.2) is 27.9 Å². The SMILES string of the molecule is CCc1c2c(nc3ccc(OCCCCCCC(C)=O)c([NH-])c13)-c1cc3c(c(=O)n1C2)COC(=O)[C@]3([O-])CC. The highest BCUT2D eigenvalue weighted by Crippen LogP contribution is 2.43. The number of carbonyl (C=O) groups is 2. The quantitative estimate of drug-likeness (QED) is 0.215. The van der Waals surface area contributed by atoms with Crippen molar-refractivity contribution in [1.29, 1.82) is 0 Å². The van der Waals surface area contributed by atoms with Crippen molar-refractivity contribution in [3.05, 3.63) is 56.5 Å². The molecule has 2 aliphatic heterocycles. The highest BCUT2D eigenvalue weighted by molar-refractivity contribution is 6.00. The van der Waals surface area contributed by atoms with Gasteiger partial charge in [-0.1, -0.05) is 38.8 Å². The van der Waals surface area contributed by atoms with E-state index in [0.717, 1.165) is 36.8 Å². The van der Waals surface area contributed by atoms with Crippen LogP contribution in [0.3, 0.4) is 0 Å². The number of ketones is 1. The van der Waals surface area contributed by atoms with Gasteiger partial charge in [0, 0.05) is 17.6 Å². The molecule has 4 heterocycles. The van der Waals surface area contributed by atoms with Gasteiger partial charge in [-0.15, -0.1) is 0 Å². The molecule has 0 radical (unpaired) electrons. The van der Waals surface area contributed by atoms with E-state index >= 15 is 0 Å². The largest absolute Gasteiger partial charge is 0.838 e. The second kappa shape index (κ2) is 10.4. The molecular formula is C30H33N3O6-2. The van der Waals surface area contributed by atoms with Crippen LogP contribution in [0.25, 0.3) is 28.0 Å². The van der Waals surface area contributed by atoms with Gasteiger partial charge in [-0.3, -0.25) is 9.59 Å². The van der Waals surface area contributed by atoms with E-state index in [0.29, 0.717) is 47.5 Å². The molecule has 0 aliphatic carbocycles. The molecule has 0 spiro atoms. The van der Waals surface area contributed by atoms with E-state index in [2.05, 4.69) is 0 Å². The summed E-state index contributed by atoms with van der Waals surface area (Å²) in [6.07, 6.45) is 4.87. The summed E-state index contributed by atoms with van der Waals surface area (Å²) in [6.45, 7) is 5.79. The number of cyclic esters (lactones) is 1. The maximum Gasteiger partial charge on any atom is 0.300 e. The lowest BCUT2D eigenvalue weighted by Gasteiger charge is -2.41. The number of nitrogens with zero attached hydrogens (tertiary/aromatic N) is 2. The second-order valence-corrected chi connectivity index (χ2v) is 10.4. The number of esters is 1. The van der Waals surface area contributed by atoms with Crippen LogP contribution in [0.2, 0.25) is 0 Å². The van der Waals surface area contributed by atoms with Crippen LogP contribution in [0.1, 0.15) is 81.5 Å². The first kappa shape index (κ1) is 26.9. The van der Waals surface area contributed by atoms with Gasteiger partial charge in [0.05, 0.1) is 35.6 Å². The summed E-state index contributed by atoms with van der Waals surface area (Å²) in [4.78, 5) is 41.8. The number of benzene rings is 1. The fraction of sp³-hybridized carbons (Fsp3) is 0.467. The van der Waals surface area contributed by atoms with Gasteiger partial charge in [0.25, 0.3) is 11.5 Å². The van der Waals surface area contributed by atoms with Crippen molar-refractivity contribution in [3.63, 3.8) is 0 Å². The first-order valence-electron chi connectivity index (χ1n) is 13.7. The average molecular weight is 532 g/mol. The molecule has 2 aliphatic rings. The van der Waals surface area contributed by atoms with Gasteiger partial charge in [-0.05, 0) is 60.9 Å². The highest BCUT2D eigenvalue weighted by atomic mass is 16.6. The molecule has 9 heteroatoms. The lowest BCUT2D eigenvalue weighted by atomic mass is 9.86. The normalized spacial score (nSPS) is 17.5. The summed E-state index contributed by atoms with van der Waals surface area (Å²) in [5.74, 6) is -0.159. The average Bonchev–Trinajstić information content (AvgIpc) is 3.29. The lowest BCUT2D eigenvalue weighted by Crippen LogP contribution is -2.53. The van der Waals surface area contributed by atoms with Crippen LogP contribution >= 0.6 is 0 Å². The third kappa shape index (κ3) is 4.48. The van der Waals surface area contributed by atoms with Crippen molar-refractivity contribution in [2.75, 3.05) is 6.61 Å². The predicted octanol–water partition coefficient (Wildman–Crippen LogP) is 4.61. The molecule has 0 saturated heterocycles. The monoisotopic (exact) mass is 531 g/mol. The van der Waals surface area contributed by atoms with Gasteiger partial charge in [-0.25, -0.2) is 4.98 Å². The zero-order valence-electron chi connectivity index (χ0n) is 22.6. The molecule has 0 unspecified atom stereocenters. The summed E-state index contributed by atoms with van der Waals surface area (Å²) in [7, 11) is 0. The minimum atomic E-state index is -2.12.